The quantitative estimate of drug-likeness (QED) is 0.771. The van der Waals surface area contributed by atoms with Crippen molar-refractivity contribution in [3.05, 3.63) is 30.2 Å². The van der Waals surface area contributed by atoms with Gasteiger partial charge in [0.25, 0.3) is 0 Å². The molecule has 2 N–H and O–H groups in total. The fourth-order valence-corrected chi connectivity index (χ4v) is 1.66. The average molecular weight is 234 g/mol. The molecular formula is C11H14N4O2. The van der Waals surface area contributed by atoms with E-state index < -0.39 is 0 Å². The van der Waals surface area contributed by atoms with Gasteiger partial charge in [0.1, 0.15) is 0 Å². The van der Waals surface area contributed by atoms with Crippen LogP contribution >= 0.6 is 0 Å². The van der Waals surface area contributed by atoms with Crippen molar-refractivity contribution in [2.24, 2.45) is 5.73 Å². The molecule has 17 heavy (non-hydrogen) atoms. The summed E-state index contributed by atoms with van der Waals surface area (Å²) < 4.78 is 6.30. The molecule has 0 spiro atoms. The number of carbonyl (C=O) groups is 1. The standard InChI is InChI=1S/C11H14N4O2/c1-17-11(16)4-8(5-12)9-6-13-10-2-3-14-15(10)7-9/h2-3,6-8H,4-5,12H2,1H3. The SMILES string of the molecule is COC(=O)CC(CN)c1cnc2ccnn2c1. The van der Waals surface area contributed by atoms with Gasteiger partial charge >= 0.3 is 5.97 Å². The number of methoxy groups -OCH3 is 1. The molecule has 6 heteroatoms. The third-order valence-electron chi connectivity index (χ3n) is 2.66. The highest BCUT2D eigenvalue weighted by Crippen LogP contribution is 2.18. The second kappa shape index (κ2) is 4.92. The summed E-state index contributed by atoms with van der Waals surface area (Å²) in [5, 5.41) is 4.09. The average Bonchev–Trinajstić information content (AvgIpc) is 2.82. The third-order valence-corrected chi connectivity index (χ3v) is 2.66. The van der Waals surface area contributed by atoms with Gasteiger partial charge in [-0.15, -0.1) is 0 Å². The van der Waals surface area contributed by atoms with E-state index in [0.29, 0.717) is 6.54 Å². The first-order valence-corrected chi connectivity index (χ1v) is 5.30. The molecular weight excluding hydrogens is 220 g/mol. The van der Waals surface area contributed by atoms with Crippen LogP contribution in [0.4, 0.5) is 0 Å². The first-order chi connectivity index (χ1) is 8.24. The van der Waals surface area contributed by atoms with E-state index in [2.05, 4.69) is 14.8 Å². The topological polar surface area (TPSA) is 82.5 Å². The summed E-state index contributed by atoms with van der Waals surface area (Å²) in [7, 11) is 1.37. The minimum Gasteiger partial charge on any atom is -0.469 e. The maximum Gasteiger partial charge on any atom is 0.306 e. The van der Waals surface area contributed by atoms with Crippen LogP contribution in [0, 0.1) is 0 Å². The Bertz CT molecular complexity index is 523. The largest absolute Gasteiger partial charge is 0.469 e. The molecule has 0 radical (unpaired) electrons. The van der Waals surface area contributed by atoms with Crippen molar-refractivity contribution in [3.63, 3.8) is 0 Å². The van der Waals surface area contributed by atoms with Crippen LogP contribution in [0.3, 0.4) is 0 Å². The molecule has 2 heterocycles. The zero-order valence-corrected chi connectivity index (χ0v) is 9.54. The number of hydrogen-bond donors (Lipinski definition) is 1. The van der Waals surface area contributed by atoms with Crippen LogP contribution < -0.4 is 5.73 Å². The molecule has 1 unspecified atom stereocenters. The molecule has 0 bridgehead atoms. The van der Waals surface area contributed by atoms with Crippen molar-refractivity contribution < 1.29 is 9.53 Å². The third kappa shape index (κ3) is 2.42. The van der Waals surface area contributed by atoms with E-state index >= 15 is 0 Å². The molecule has 0 amide bonds. The lowest BCUT2D eigenvalue weighted by atomic mass is 9.99. The van der Waals surface area contributed by atoms with Crippen molar-refractivity contribution in [1.29, 1.82) is 0 Å². The Labute approximate surface area is 98.4 Å². The van der Waals surface area contributed by atoms with E-state index in [-0.39, 0.29) is 18.3 Å². The zero-order chi connectivity index (χ0) is 12.3. The number of nitrogens with zero attached hydrogens (tertiary/aromatic N) is 3. The van der Waals surface area contributed by atoms with E-state index in [1.165, 1.54) is 7.11 Å². The first kappa shape index (κ1) is 11.5. The Morgan fingerprint density at radius 2 is 2.47 bits per heavy atom. The summed E-state index contributed by atoms with van der Waals surface area (Å²) in [6.45, 7) is 0.365. The van der Waals surface area contributed by atoms with Gasteiger partial charge < -0.3 is 10.5 Å². The van der Waals surface area contributed by atoms with Crippen molar-refractivity contribution >= 4 is 11.6 Å². The van der Waals surface area contributed by atoms with Gasteiger partial charge in [0.05, 0.1) is 19.7 Å². The molecule has 0 aromatic carbocycles. The van der Waals surface area contributed by atoms with E-state index in [9.17, 15) is 4.79 Å². The highest BCUT2D eigenvalue weighted by Gasteiger charge is 2.16. The van der Waals surface area contributed by atoms with Crippen LogP contribution in [0.1, 0.15) is 17.9 Å². The maximum absolute atomic E-state index is 11.2. The molecule has 0 aliphatic carbocycles. The Morgan fingerprint density at radius 1 is 1.65 bits per heavy atom. The molecule has 2 aromatic heterocycles. The van der Waals surface area contributed by atoms with Gasteiger partial charge in [0.2, 0.25) is 0 Å². The van der Waals surface area contributed by atoms with Gasteiger partial charge in [-0.05, 0) is 12.1 Å². The normalized spacial score (nSPS) is 12.6. The summed E-state index contributed by atoms with van der Waals surface area (Å²) in [5.74, 6) is -0.371. The lowest BCUT2D eigenvalue weighted by Gasteiger charge is -2.13. The molecule has 0 saturated carbocycles. The molecule has 2 rings (SSSR count). The predicted octanol–water partition coefficient (Wildman–Crippen LogP) is 0.335. The summed E-state index contributed by atoms with van der Waals surface area (Å²) >= 11 is 0. The number of esters is 1. The van der Waals surface area contributed by atoms with E-state index in [0.717, 1.165) is 11.2 Å². The lowest BCUT2D eigenvalue weighted by molar-refractivity contribution is -0.141. The van der Waals surface area contributed by atoms with Crippen molar-refractivity contribution in [1.82, 2.24) is 14.6 Å². The van der Waals surface area contributed by atoms with Gasteiger partial charge in [-0.2, -0.15) is 5.10 Å². The minimum atomic E-state index is -0.277. The number of ether oxygens (including phenoxy) is 1. The highest BCUT2D eigenvalue weighted by molar-refractivity contribution is 5.70. The summed E-state index contributed by atoms with van der Waals surface area (Å²) in [4.78, 5) is 15.5. The van der Waals surface area contributed by atoms with Crippen LogP contribution in [-0.2, 0) is 9.53 Å². The van der Waals surface area contributed by atoms with Gasteiger partial charge in [0, 0.05) is 24.4 Å². The predicted molar refractivity (Wildman–Crippen MR) is 61.4 cm³/mol. The number of carbonyl (C=O) groups excluding carboxylic acids is 1. The number of rotatable bonds is 4. The number of hydrogen-bond acceptors (Lipinski definition) is 5. The molecule has 0 fully saturated rings. The van der Waals surface area contributed by atoms with Crippen molar-refractivity contribution in [2.75, 3.05) is 13.7 Å². The first-order valence-electron chi connectivity index (χ1n) is 5.30. The minimum absolute atomic E-state index is 0.0939. The van der Waals surface area contributed by atoms with Crippen LogP contribution in [0.25, 0.3) is 5.65 Å². The number of aromatic nitrogens is 3. The zero-order valence-electron chi connectivity index (χ0n) is 9.54. The fraction of sp³-hybridized carbons (Fsp3) is 0.364. The van der Waals surface area contributed by atoms with Crippen LogP contribution in [0.2, 0.25) is 0 Å². The molecule has 0 saturated heterocycles. The van der Waals surface area contributed by atoms with Gasteiger partial charge in [-0.1, -0.05) is 0 Å². The van der Waals surface area contributed by atoms with Gasteiger partial charge in [-0.25, -0.2) is 9.50 Å². The molecule has 90 valence electrons. The molecule has 6 nitrogen and oxygen atoms in total. The summed E-state index contributed by atoms with van der Waals surface area (Å²) in [6, 6.07) is 1.81. The Hall–Kier alpha value is -1.95. The van der Waals surface area contributed by atoms with Crippen molar-refractivity contribution in [2.45, 2.75) is 12.3 Å². The second-order valence-electron chi connectivity index (χ2n) is 3.73. The second-order valence-corrected chi connectivity index (χ2v) is 3.73. The smallest absolute Gasteiger partial charge is 0.306 e. The fourth-order valence-electron chi connectivity index (χ4n) is 1.66. The van der Waals surface area contributed by atoms with Gasteiger partial charge in [0.15, 0.2) is 5.65 Å². The summed E-state index contributed by atoms with van der Waals surface area (Å²) in [6.07, 6.45) is 5.48. The van der Waals surface area contributed by atoms with E-state index in [4.69, 9.17) is 5.73 Å². The molecule has 2 aromatic rings. The van der Waals surface area contributed by atoms with Crippen LogP contribution in [-0.4, -0.2) is 34.2 Å². The molecule has 0 aliphatic rings. The summed E-state index contributed by atoms with van der Waals surface area (Å²) in [5.41, 5.74) is 7.31. The molecule has 1 atom stereocenters. The molecule has 0 aliphatic heterocycles. The van der Waals surface area contributed by atoms with Crippen LogP contribution in [0.5, 0.6) is 0 Å². The Kier molecular flexibility index (Phi) is 3.34. The van der Waals surface area contributed by atoms with Crippen molar-refractivity contribution in [3.8, 4) is 0 Å². The lowest BCUT2D eigenvalue weighted by Crippen LogP contribution is -2.18. The Balaban J connectivity index is 2.26. The van der Waals surface area contributed by atoms with E-state index in [1.807, 2.05) is 12.3 Å². The van der Waals surface area contributed by atoms with Gasteiger partial charge in [-0.3, -0.25) is 4.79 Å². The maximum atomic E-state index is 11.2. The number of nitrogens with two attached hydrogens (primary N) is 1. The van der Waals surface area contributed by atoms with E-state index in [1.54, 1.807) is 16.9 Å². The van der Waals surface area contributed by atoms with Crippen LogP contribution in [0.15, 0.2) is 24.7 Å². The Morgan fingerprint density at radius 3 is 3.18 bits per heavy atom. The highest BCUT2D eigenvalue weighted by atomic mass is 16.5. The monoisotopic (exact) mass is 234 g/mol. The number of fused-ring (bicyclic) bond motifs is 1.